The number of aliphatic hydroxyl groups excluding tert-OH is 1. The van der Waals surface area contributed by atoms with E-state index in [4.69, 9.17) is 10.5 Å². The highest BCUT2D eigenvalue weighted by molar-refractivity contribution is 5.45. The number of phenols is 1. The SMILES string of the molecule is CNCc1cc(O)cc2c1C[C@@H]1CCC[C@H](C1)[C@]13C[C@@H]4CC[C@H](CO)[C@](N)([C@@H]1C#CC2)[C@@H]4[C@@](C)(C1CCCC1)O3. The van der Waals surface area contributed by atoms with Crippen LogP contribution >= 0.6 is 0 Å². The zero-order valence-corrected chi connectivity index (χ0v) is 24.7. The maximum atomic E-state index is 10.8. The van der Waals surface area contributed by atoms with Gasteiger partial charge in [0.25, 0.3) is 0 Å². The molecule has 6 fully saturated rings. The fraction of sp³-hybridized carbons (Fsp3) is 0.771. The van der Waals surface area contributed by atoms with Gasteiger partial charge >= 0.3 is 0 Å². The first-order valence-corrected chi connectivity index (χ1v) is 16.4. The molecule has 2 aliphatic heterocycles. The third-order valence-electron chi connectivity index (χ3n) is 12.9. The summed E-state index contributed by atoms with van der Waals surface area (Å²) in [6, 6.07) is 3.89. The fourth-order valence-electron chi connectivity index (χ4n) is 11.4. The molecule has 0 aromatic heterocycles. The van der Waals surface area contributed by atoms with Crippen LogP contribution in [0.4, 0.5) is 0 Å². The second-order valence-electron chi connectivity index (χ2n) is 14.8. The van der Waals surface area contributed by atoms with Crippen molar-refractivity contribution >= 4 is 0 Å². The van der Waals surface area contributed by atoms with E-state index in [1.54, 1.807) is 0 Å². The molecule has 0 amide bonds. The molecule has 9 atom stereocenters. The Labute approximate surface area is 241 Å². The van der Waals surface area contributed by atoms with Crippen molar-refractivity contribution in [2.45, 2.75) is 114 Å². The lowest BCUT2D eigenvalue weighted by Gasteiger charge is -2.75. The van der Waals surface area contributed by atoms with E-state index in [0.29, 0.717) is 35.8 Å². The molecule has 4 saturated carbocycles. The first-order chi connectivity index (χ1) is 19.3. The van der Waals surface area contributed by atoms with E-state index in [9.17, 15) is 10.2 Å². The Balaban J connectivity index is 1.39. The van der Waals surface area contributed by atoms with Gasteiger partial charge in [-0.25, -0.2) is 0 Å². The second kappa shape index (κ2) is 10.0. The van der Waals surface area contributed by atoms with Gasteiger partial charge in [-0.3, -0.25) is 0 Å². The van der Waals surface area contributed by atoms with E-state index >= 15 is 0 Å². The number of phenolic OH excluding ortho intramolecular Hbond substituents is 1. The number of nitrogens with two attached hydrogens (primary N) is 1. The zero-order chi connectivity index (χ0) is 27.7. The molecule has 5 heteroatoms. The van der Waals surface area contributed by atoms with Gasteiger partial charge < -0.3 is 26.0 Å². The summed E-state index contributed by atoms with van der Waals surface area (Å²) < 4.78 is 7.75. The summed E-state index contributed by atoms with van der Waals surface area (Å²) in [6.45, 7) is 3.33. The molecule has 5 N–H and O–H groups in total. The summed E-state index contributed by atoms with van der Waals surface area (Å²) in [5.74, 6) is 10.2. The maximum Gasteiger partial charge on any atom is 0.116 e. The fourth-order valence-corrected chi connectivity index (χ4v) is 11.4. The van der Waals surface area contributed by atoms with E-state index < -0.39 is 5.54 Å². The van der Waals surface area contributed by atoms with Crippen molar-refractivity contribution < 1.29 is 14.9 Å². The number of benzene rings is 1. The molecule has 1 aromatic rings. The zero-order valence-electron chi connectivity index (χ0n) is 24.7. The van der Waals surface area contributed by atoms with Crippen molar-refractivity contribution in [1.29, 1.82) is 0 Å². The van der Waals surface area contributed by atoms with Crippen molar-refractivity contribution in [3.63, 3.8) is 0 Å². The first-order valence-electron chi connectivity index (χ1n) is 16.4. The van der Waals surface area contributed by atoms with Crippen LogP contribution < -0.4 is 11.1 Å². The summed E-state index contributed by atoms with van der Waals surface area (Å²) in [5.41, 5.74) is 10.5. The highest BCUT2D eigenvalue weighted by Gasteiger charge is 2.76. The van der Waals surface area contributed by atoms with Gasteiger partial charge in [-0.2, -0.15) is 0 Å². The Bertz CT molecular complexity index is 1200. The third-order valence-corrected chi connectivity index (χ3v) is 12.9. The molecular weight excluding hydrogens is 496 g/mol. The van der Waals surface area contributed by atoms with Crippen LogP contribution in [0.5, 0.6) is 5.75 Å². The summed E-state index contributed by atoms with van der Waals surface area (Å²) in [7, 11) is 1.98. The lowest BCUT2D eigenvalue weighted by molar-refractivity contribution is -0.357. The van der Waals surface area contributed by atoms with Gasteiger partial charge in [0.1, 0.15) is 5.75 Å². The van der Waals surface area contributed by atoms with Gasteiger partial charge in [0.05, 0.1) is 17.1 Å². The molecule has 1 spiro atoms. The number of aromatic hydroxyl groups is 1. The Morgan fingerprint density at radius 3 is 2.65 bits per heavy atom. The van der Waals surface area contributed by atoms with Gasteiger partial charge in [-0.1, -0.05) is 37.5 Å². The number of hydrogen-bond donors (Lipinski definition) is 4. The van der Waals surface area contributed by atoms with Crippen LogP contribution in [0.2, 0.25) is 0 Å². The molecule has 40 heavy (non-hydrogen) atoms. The maximum absolute atomic E-state index is 10.8. The minimum absolute atomic E-state index is 0.0624. The lowest BCUT2D eigenvalue weighted by atomic mass is 9.39. The van der Waals surface area contributed by atoms with Crippen LogP contribution in [0.3, 0.4) is 0 Å². The van der Waals surface area contributed by atoms with Crippen LogP contribution in [0.25, 0.3) is 0 Å². The van der Waals surface area contributed by atoms with E-state index in [2.05, 4.69) is 24.1 Å². The molecule has 5 nitrogen and oxygen atoms in total. The molecule has 5 aliphatic carbocycles. The summed E-state index contributed by atoms with van der Waals surface area (Å²) in [4.78, 5) is 0. The van der Waals surface area contributed by atoms with E-state index in [-0.39, 0.29) is 35.6 Å². The topological polar surface area (TPSA) is 87.7 Å². The molecule has 0 unspecified atom stereocenters. The average molecular weight is 547 g/mol. The Hall–Kier alpha value is -1.58. The van der Waals surface area contributed by atoms with Crippen LogP contribution in [-0.4, -0.2) is 40.6 Å². The molecule has 7 aliphatic rings. The molecular formula is C35H50N2O3. The number of ether oxygens (including phenoxy) is 1. The quantitative estimate of drug-likeness (QED) is 0.395. The number of aliphatic hydroxyl groups is 1. The molecule has 218 valence electrons. The standard InChI is InChI=1S/C35H50N2O3/c1-33(26-9-3-4-10-26)32-24-13-14-28(21-38)35(32,36)31-12-6-8-23-17-29(39)18-25(20-37-2)30(23)16-22-7-5-11-27(15-22)34(31,19-24)40-33/h17-18,22,24,26-28,31-32,37-39H,3-5,7-11,13-16,19-21,36H2,1-2H3/t22-,24+,27-,28-,31-,32+,33-,34-,35+/m1/s1. The highest BCUT2D eigenvalue weighted by atomic mass is 16.5. The molecule has 2 heterocycles. The Kier molecular flexibility index (Phi) is 6.82. The Morgan fingerprint density at radius 1 is 1.07 bits per heavy atom. The predicted molar refractivity (Wildman–Crippen MR) is 157 cm³/mol. The molecule has 8 rings (SSSR count). The third kappa shape index (κ3) is 3.89. The lowest BCUT2D eigenvalue weighted by Crippen LogP contribution is -2.84. The normalized spacial score (nSPS) is 44.2. The smallest absolute Gasteiger partial charge is 0.116 e. The summed E-state index contributed by atoms with van der Waals surface area (Å²) in [5, 5.41) is 24.8. The average Bonchev–Trinajstić information content (AvgIpc) is 3.48. The van der Waals surface area contributed by atoms with E-state index in [1.807, 2.05) is 19.2 Å². The van der Waals surface area contributed by atoms with Gasteiger partial charge in [-0.15, -0.1) is 0 Å². The van der Waals surface area contributed by atoms with Crippen molar-refractivity contribution in [2.75, 3.05) is 13.7 Å². The van der Waals surface area contributed by atoms with Crippen LogP contribution in [-0.2, 0) is 24.1 Å². The monoisotopic (exact) mass is 546 g/mol. The number of hydrogen-bond acceptors (Lipinski definition) is 5. The minimum atomic E-state index is -0.529. The molecule has 0 radical (unpaired) electrons. The number of rotatable bonds is 4. The molecule has 6 bridgehead atoms. The van der Waals surface area contributed by atoms with Crippen molar-refractivity contribution in [2.24, 2.45) is 47.2 Å². The van der Waals surface area contributed by atoms with Gasteiger partial charge in [0.15, 0.2) is 0 Å². The van der Waals surface area contributed by atoms with Crippen molar-refractivity contribution in [3.05, 3.63) is 28.8 Å². The second-order valence-corrected chi connectivity index (χ2v) is 14.8. The molecule has 2 saturated heterocycles. The minimum Gasteiger partial charge on any atom is -0.508 e. The van der Waals surface area contributed by atoms with E-state index in [1.165, 1.54) is 61.6 Å². The van der Waals surface area contributed by atoms with Gasteiger partial charge in [0.2, 0.25) is 0 Å². The largest absolute Gasteiger partial charge is 0.508 e. The van der Waals surface area contributed by atoms with Gasteiger partial charge in [0, 0.05) is 36.9 Å². The van der Waals surface area contributed by atoms with Crippen molar-refractivity contribution in [3.8, 4) is 17.6 Å². The van der Waals surface area contributed by atoms with Crippen LogP contribution in [0.15, 0.2) is 12.1 Å². The van der Waals surface area contributed by atoms with Crippen molar-refractivity contribution in [1.82, 2.24) is 5.32 Å². The van der Waals surface area contributed by atoms with Crippen LogP contribution in [0.1, 0.15) is 94.2 Å². The molecule has 1 aromatic carbocycles. The number of fused-ring (bicyclic) bond motifs is 4. The predicted octanol–water partition coefficient (Wildman–Crippen LogP) is 5.09. The van der Waals surface area contributed by atoms with Gasteiger partial charge in [-0.05, 0) is 118 Å². The number of nitrogens with one attached hydrogen (secondary N) is 1. The highest BCUT2D eigenvalue weighted by Crippen LogP contribution is 2.70. The van der Waals surface area contributed by atoms with E-state index in [0.717, 1.165) is 38.6 Å². The Morgan fingerprint density at radius 2 is 1.88 bits per heavy atom. The summed E-state index contributed by atoms with van der Waals surface area (Å²) >= 11 is 0. The van der Waals surface area contributed by atoms with Crippen LogP contribution in [0, 0.1) is 53.3 Å². The first kappa shape index (κ1) is 27.3. The summed E-state index contributed by atoms with van der Waals surface area (Å²) in [6.07, 6.45) is 14.8.